The molecule has 0 aromatic heterocycles. The summed E-state index contributed by atoms with van der Waals surface area (Å²) in [7, 11) is 0. The molecule has 114 valence electrons. The zero-order valence-electron chi connectivity index (χ0n) is 12.8. The molecule has 0 saturated heterocycles. The topological polar surface area (TPSA) is 32.7 Å². The Bertz CT molecular complexity index is 599. The fraction of sp³-hybridized carbons (Fsp3) is 0.474. The number of fused-ring (bicyclic) bond motifs is 1. The van der Waals surface area contributed by atoms with Crippen LogP contribution in [-0.2, 0) is 4.79 Å². The van der Waals surface area contributed by atoms with Crippen LogP contribution < -0.4 is 0 Å². The van der Waals surface area contributed by atoms with Crippen molar-refractivity contribution in [1.29, 1.82) is 0 Å². The molecule has 0 saturated carbocycles. The van der Waals surface area contributed by atoms with E-state index in [0.717, 1.165) is 44.4 Å². The van der Waals surface area contributed by atoms with Gasteiger partial charge in [0.05, 0.1) is 0 Å². The van der Waals surface area contributed by atoms with Crippen LogP contribution in [-0.4, -0.2) is 22.2 Å². The van der Waals surface area contributed by atoms with Crippen molar-refractivity contribution in [1.82, 2.24) is 4.90 Å². The number of hydrogen-bond acceptors (Lipinski definition) is 2. The maximum Gasteiger partial charge on any atom is 0.275 e. The Kier molecular flexibility index (Phi) is 3.36. The quantitative estimate of drug-likeness (QED) is 0.726. The maximum atomic E-state index is 13.1. The van der Waals surface area contributed by atoms with Gasteiger partial charge in [0.25, 0.3) is 5.91 Å². The first kappa shape index (κ1) is 13.7. The number of allylic oxidation sites excluding steroid dienone is 4. The van der Waals surface area contributed by atoms with Crippen molar-refractivity contribution in [3.8, 4) is 0 Å². The number of hydrogen-bond donors (Lipinski definition) is 0. The average molecular weight is 294 g/mol. The zero-order chi connectivity index (χ0) is 15.0. The highest BCUT2D eigenvalue weighted by Crippen LogP contribution is 2.47. The summed E-state index contributed by atoms with van der Waals surface area (Å²) in [6.07, 6.45) is 23.8. The van der Waals surface area contributed by atoms with Crippen LogP contribution in [0.15, 0.2) is 53.7 Å². The van der Waals surface area contributed by atoms with Gasteiger partial charge in [-0.2, -0.15) is 4.99 Å². The molecule has 2 heterocycles. The Morgan fingerprint density at radius 3 is 2.32 bits per heavy atom. The average Bonchev–Trinajstić information content (AvgIpc) is 2.89. The maximum absolute atomic E-state index is 13.1. The molecule has 1 amide bonds. The molecule has 0 spiro atoms. The highest BCUT2D eigenvalue weighted by molar-refractivity contribution is 6.12. The van der Waals surface area contributed by atoms with E-state index in [0.29, 0.717) is 0 Å². The van der Waals surface area contributed by atoms with E-state index in [-0.39, 0.29) is 17.7 Å². The lowest BCUT2D eigenvalue weighted by molar-refractivity contribution is -0.129. The van der Waals surface area contributed by atoms with Gasteiger partial charge in [-0.05, 0) is 50.7 Å². The molecule has 2 aliphatic carbocycles. The minimum absolute atomic E-state index is 0.0480. The number of nitrogens with zero attached hydrogens (tertiary/aromatic N) is 2. The van der Waals surface area contributed by atoms with Crippen LogP contribution in [0.25, 0.3) is 0 Å². The second-order valence-corrected chi connectivity index (χ2v) is 6.60. The van der Waals surface area contributed by atoms with E-state index < -0.39 is 5.54 Å². The van der Waals surface area contributed by atoms with Gasteiger partial charge in [-0.15, -0.1) is 0 Å². The van der Waals surface area contributed by atoms with Crippen molar-refractivity contribution >= 4 is 11.7 Å². The van der Waals surface area contributed by atoms with Crippen LogP contribution in [0.2, 0.25) is 0 Å². The van der Waals surface area contributed by atoms with Gasteiger partial charge in [-0.3, -0.25) is 4.79 Å². The molecular formula is C19H22N2O. The summed E-state index contributed by atoms with van der Waals surface area (Å²) in [4.78, 5) is 19.7. The predicted octanol–water partition coefficient (Wildman–Crippen LogP) is 3.76. The van der Waals surface area contributed by atoms with Gasteiger partial charge < -0.3 is 4.90 Å². The Morgan fingerprint density at radius 1 is 1.05 bits per heavy atom. The van der Waals surface area contributed by atoms with Crippen molar-refractivity contribution in [3.05, 3.63) is 48.7 Å². The molecule has 4 aliphatic rings. The molecule has 2 unspecified atom stereocenters. The van der Waals surface area contributed by atoms with Crippen LogP contribution in [0.1, 0.15) is 38.5 Å². The number of aliphatic imine (C=N–C) groups is 1. The largest absolute Gasteiger partial charge is 0.316 e. The molecule has 2 aliphatic heterocycles. The number of carbonyl (C=O) groups excluding carboxylic acids is 1. The Labute approximate surface area is 131 Å². The Balaban J connectivity index is 1.83. The molecule has 3 nitrogen and oxygen atoms in total. The van der Waals surface area contributed by atoms with Crippen LogP contribution in [0.3, 0.4) is 0 Å². The van der Waals surface area contributed by atoms with Crippen LogP contribution >= 0.6 is 0 Å². The number of amidine groups is 1. The summed E-state index contributed by atoms with van der Waals surface area (Å²) in [6.45, 7) is 0. The zero-order valence-corrected chi connectivity index (χ0v) is 12.8. The predicted molar refractivity (Wildman–Crippen MR) is 88.3 cm³/mol. The lowest BCUT2D eigenvalue weighted by atomic mass is 9.66. The van der Waals surface area contributed by atoms with Crippen LogP contribution in [0, 0.1) is 11.8 Å². The van der Waals surface area contributed by atoms with E-state index in [4.69, 9.17) is 0 Å². The Morgan fingerprint density at radius 2 is 1.73 bits per heavy atom. The molecule has 0 aromatic carbocycles. The summed E-state index contributed by atoms with van der Waals surface area (Å²) in [5, 5.41) is 0. The van der Waals surface area contributed by atoms with E-state index in [2.05, 4.69) is 40.4 Å². The van der Waals surface area contributed by atoms with E-state index in [1.165, 1.54) is 0 Å². The highest BCUT2D eigenvalue weighted by Gasteiger charge is 2.57. The fourth-order valence-corrected chi connectivity index (χ4v) is 4.44. The summed E-state index contributed by atoms with van der Waals surface area (Å²) in [6, 6.07) is 0. The summed E-state index contributed by atoms with van der Waals surface area (Å²) in [5.74, 6) is 1.36. The smallest absolute Gasteiger partial charge is 0.275 e. The SMILES string of the molecule is O=C1N=C2C=CC=CN2C1(C1C=CCCC1)C1C=CCCC1. The van der Waals surface area contributed by atoms with Gasteiger partial charge in [0, 0.05) is 18.0 Å². The minimum Gasteiger partial charge on any atom is -0.316 e. The third-order valence-corrected chi connectivity index (χ3v) is 5.43. The lowest BCUT2D eigenvalue weighted by Crippen LogP contribution is -2.59. The number of rotatable bonds is 2. The molecule has 22 heavy (non-hydrogen) atoms. The number of carbonyl (C=O) groups is 1. The summed E-state index contributed by atoms with van der Waals surface area (Å²) in [5.41, 5.74) is -0.537. The molecular weight excluding hydrogens is 272 g/mol. The van der Waals surface area contributed by atoms with Gasteiger partial charge in [-0.1, -0.05) is 30.4 Å². The van der Waals surface area contributed by atoms with E-state index in [1.54, 1.807) is 0 Å². The second kappa shape index (κ2) is 5.38. The lowest BCUT2D eigenvalue weighted by Gasteiger charge is -2.47. The van der Waals surface area contributed by atoms with E-state index in [1.807, 2.05) is 18.2 Å². The van der Waals surface area contributed by atoms with Crippen molar-refractivity contribution < 1.29 is 4.79 Å². The third-order valence-electron chi connectivity index (χ3n) is 5.43. The van der Waals surface area contributed by atoms with Crippen LogP contribution in [0.4, 0.5) is 0 Å². The van der Waals surface area contributed by atoms with Gasteiger partial charge >= 0.3 is 0 Å². The van der Waals surface area contributed by atoms with Crippen molar-refractivity contribution in [3.63, 3.8) is 0 Å². The van der Waals surface area contributed by atoms with E-state index in [9.17, 15) is 4.79 Å². The van der Waals surface area contributed by atoms with Crippen molar-refractivity contribution in [2.75, 3.05) is 0 Å². The first-order chi connectivity index (χ1) is 10.8. The third kappa shape index (κ3) is 1.88. The molecule has 3 heteroatoms. The number of amides is 1. The fourth-order valence-electron chi connectivity index (χ4n) is 4.44. The summed E-state index contributed by atoms with van der Waals surface area (Å²) < 4.78 is 0. The monoisotopic (exact) mass is 294 g/mol. The molecule has 0 radical (unpaired) electrons. The van der Waals surface area contributed by atoms with Crippen molar-refractivity contribution in [2.45, 2.75) is 44.1 Å². The molecule has 0 bridgehead atoms. The first-order valence-electron chi connectivity index (χ1n) is 8.44. The molecule has 0 fully saturated rings. The Hall–Kier alpha value is -1.90. The molecule has 0 N–H and O–H groups in total. The van der Waals surface area contributed by atoms with Crippen molar-refractivity contribution in [2.24, 2.45) is 16.8 Å². The standard InChI is InChI=1S/C19H22N2O/c22-18-19(15-9-3-1-4-10-15,16-11-5-2-6-12-16)21-14-8-7-13-17(21)20-18/h3,5,7-9,11,13-16H,1-2,4,6,10,12H2. The normalized spacial score (nSPS) is 36.6. The summed E-state index contributed by atoms with van der Waals surface area (Å²) >= 11 is 0. The van der Waals surface area contributed by atoms with Crippen LogP contribution in [0.5, 0.6) is 0 Å². The first-order valence-corrected chi connectivity index (χ1v) is 8.44. The minimum atomic E-state index is -0.537. The van der Waals surface area contributed by atoms with E-state index >= 15 is 0 Å². The van der Waals surface area contributed by atoms with Gasteiger partial charge in [0.1, 0.15) is 11.4 Å². The van der Waals surface area contributed by atoms with Gasteiger partial charge in [0.15, 0.2) is 0 Å². The van der Waals surface area contributed by atoms with Gasteiger partial charge in [0.2, 0.25) is 0 Å². The molecule has 0 aromatic rings. The molecule has 2 atom stereocenters. The van der Waals surface area contributed by atoms with Gasteiger partial charge in [-0.25, -0.2) is 0 Å². The second-order valence-electron chi connectivity index (χ2n) is 6.60. The molecule has 4 rings (SSSR count). The highest BCUT2D eigenvalue weighted by atomic mass is 16.2.